The molecule has 1 rings (SSSR count). The number of thiophene rings is 1. The number of nitrogens with zero attached hydrogens (tertiary/aromatic N) is 1. The molecule has 0 aromatic carbocycles. The highest BCUT2D eigenvalue weighted by Gasteiger charge is 2.09. The number of hydrogen-bond donors (Lipinski definition) is 2. The third-order valence-corrected chi connectivity index (χ3v) is 2.96. The van der Waals surface area contributed by atoms with E-state index in [1.807, 2.05) is 6.07 Å². The Balaban J connectivity index is 2.68. The normalized spacial score (nSPS) is 14.3. The van der Waals surface area contributed by atoms with Crippen LogP contribution in [0.15, 0.2) is 22.5 Å². The molecule has 0 aliphatic rings. The predicted molar refractivity (Wildman–Crippen MR) is 67.2 cm³/mol. The standard InChI is InChI=1S/C11H19N3S/c1-4-9(10-6-5-7-15-10)14-11(12)13-8(2)3/h5-9H,4H2,1-3H3,(H3,12,13,14). The van der Waals surface area contributed by atoms with Crippen LogP contribution < -0.4 is 11.1 Å². The molecular formula is C11H19N3S. The van der Waals surface area contributed by atoms with E-state index in [0.717, 1.165) is 6.42 Å². The second-order valence-electron chi connectivity index (χ2n) is 3.75. The van der Waals surface area contributed by atoms with Crippen LogP contribution >= 0.6 is 11.3 Å². The SMILES string of the molecule is CCC(N=C(N)NC(C)C)c1cccs1. The highest BCUT2D eigenvalue weighted by atomic mass is 32.1. The minimum atomic E-state index is 0.191. The van der Waals surface area contributed by atoms with E-state index >= 15 is 0 Å². The van der Waals surface area contributed by atoms with E-state index in [1.165, 1.54) is 4.88 Å². The van der Waals surface area contributed by atoms with Crippen LogP contribution in [0.4, 0.5) is 0 Å². The number of rotatable bonds is 4. The molecular weight excluding hydrogens is 206 g/mol. The maximum Gasteiger partial charge on any atom is 0.189 e. The van der Waals surface area contributed by atoms with Crippen LogP contribution in [0.2, 0.25) is 0 Å². The van der Waals surface area contributed by atoms with Gasteiger partial charge in [-0.15, -0.1) is 11.3 Å². The van der Waals surface area contributed by atoms with E-state index in [-0.39, 0.29) is 6.04 Å². The van der Waals surface area contributed by atoms with Gasteiger partial charge in [-0.05, 0) is 31.7 Å². The fourth-order valence-corrected chi connectivity index (χ4v) is 2.19. The summed E-state index contributed by atoms with van der Waals surface area (Å²) in [4.78, 5) is 5.74. The van der Waals surface area contributed by atoms with Crippen molar-refractivity contribution in [3.05, 3.63) is 22.4 Å². The predicted octanol–water partition coefficient (Wildman–Crippen LogP) is 2.51. The molecule has 0 fully saturated rings. The second kappa shape index (κ2) is 5.75. The molecule has 1 heterocycles. The lowest BCUT2D eigenvalue weighted by Gasteiger charge is -2.12. The zero-order valence-electron chi connectivity index (χ0n) is 9.53. The van der Waals surface area contributed by atoms with Crippen LogP contribution in [0.1, 0.15) is 38.1 Å². The van der Waals surface area contributed by atoms with Gasteiger partial charge in [-0.3, -0.25) is 0 Å². The molecule has 1 unspecified atom stereocenters. The Morgan fingerprint density at radius 1 is 1.60 bits per heavy atom. The lowest BCUT2D eigenvalue weighted by Crippen LogP contribution is -2.37. The molecule has 84 valence electrons. The summed E-state index contributed by atoms with van der Waals surface area (Å²) in [6, 6.07) is 4.67. The first-order valence-corrected chi connectivity index (χ1v) is 6.14. The maximum atomic E-state index is 5.80. The van der Waals surface area contributed by atoms with Gasteiger partial charge < -0.3 is 11.1 Å². The van der Waals surface area contributed by atoms with E-state index in [2.05, 4.69) is 42.5 Å². The van der Waals surface area contributed by atoms with Crippen molar-refractivity contribution in [1.29, 1.82) is 0 Å². The molecule has 1 aromatic rings. The van der Waals surface area contributed by atoms with E-state index < -0.39 is 0 Å². The van der Waals surface area contributed by atoms with Gasteiger partial charge >= 0.3 is 0 Å². The Hall–Kier alpha value is -1.03. The molecule has 3 N–H and O–H groups in total. The highest BCUT2D eigenvalue weighted by Crippen LogP contribution is 2.24. The van der Waals surface area contributed by atoms with Gasteiger partial charge in [0, 0.05) is 10.9 Å². The zero-order chi connectivity index (χ0) is 11.3. The Morgan fingerprint density at radius 3 is 2.80 bits per heavy atom. The topological polar surface area (TPSA) is 50.4 Å². The summed E-state index contributed by atoms with van der Waals surface area (Å²) in [5.74, 6) is 0.533. The molecule has 0 saturated carbocycles. The molecule has 1 aromatic heterocycles. The molecule has 0 spiro atoms. The van der Waals surface area contributed by atoms with E-state index in [9.17, 15) is 0 Å². The first-order chi connectivity index (χ1) is 7.13. The smallest absolute Gasteiger partial charge is 0.189 e. The molecule has 1 atom stereocenters. The van der Waals surface area contributed by atoms with Gasteiger partial charge in [0.25, 0.3) is 0 Å². The van der Waals surface area contributed by atoms with Gasteiger partial charge in [-0.2, -0.15) is 0 Å². The first kappa shape index (κ1) is 12.0. The Morgan fingerprint density at radius 2 is 2.33 bits per heavy atom. The lowest BCUT2D eigenvalue weighted by atomic mass is 10.2. The van der Waals surface area contributed by atoms with Gasteiger partial charge in [0.05, 0.1) is 6.04 Å². The van der Waals surface area contributed by atoms with Crippen molar-refractivity contribution in [2.75, 3.05) is 0 Å². The number of guanidine groups is 1. The number of hydrogen-bond acceptors (Lipinski definition) is 2. The van der Waals surface area contributed by atoms with E-state index in [4.69, 9.17) is 5.73 Å². The number of nitrogens with two attached hydrogens (primary N) is 1. The molecule has 0 aliphatic heterocycles. The van der Waals surface area contributed by atoms with E-state index in [0.29, 0.717) is 12.0 Å². The van der Waals surface area contributed by atoms with Gasteiger partial charge in [0.15, 0.2) is 5.96 Å². The summed E-state index contributed by atoms with van der Waals surface area (Å²) in [5.41, 5.74) is 5.80. The van der Waals surface area contributed by atoms with Crippen LogP contribution in [-0.2, 0) is 0 Å². The molecule has 3 nitrogen and oxygen atoms in total. The molecule has 0 aliphatic carbocycles. The summed E-state index contributed by atoms with van der Waals surface area (Å²) >= 11 is 1.73. The van der Waals surface area contributed by atoms with Crippen molar-refractivity contribution in [3.8, 4) is 0 Å². The fraction of sp³-hybridized carbons (Fsp3) is 0.545. The average Bonchev–Trinajstić information content (AvgIpc) is 2.65. The maximum absolute atomic E-state index is 5.80. The minimum Gasteiger partial charge on any atom is -0.370 e. The summed E-state index contributed by atoms with van der Waals surface area (Å²) in [5, 5.41) is 5.17. The quantitative estimate of drug-likeness (QED) is 0.611. The Labute approximate surface area is 95.4 Å². The molecule has 0 bridgehead atoms. The summed E-state index contributed by atoms with van der Waals surface area (Å²) in [6.45, 7) is 6.22. The van der Waals surface area contributed by atoms with Crippen LogP contribution in [0.5, 0.6) is 0 Å². The lowest BCUT2D eigenvalue weighted by molar-refractivity contribution is 0.680. The highest BCUT2D eigenvalue weighted by molar-refractivity contribution is 7.10. The van der Waals surface area contributed by atoms with Crippen molar-refractivity contribution in [2.45, 2.75) is 39.3 Å². The largest absolute Gasteiger partial charge is 0.370 e. The second-order valence-corrected chi connectivity index (χ2v) is 4.73. The van der Waals surface area contributed by atoms with Gasteiger partial charge in [0.1, 0.15) is 0 Å². The van der Waals surface area contributed by atoms with Gasteiger partial charge in [-0.25, -0.2) is 4.99 Å². The molecule has 4 heteroatoms. The average molecular weight is 225 g/mol. The van der Waals surface area contributed by atoms with Crippen molar-refractivity contribution < 1.29 is 0 Å². The summed E-state index contributed by atoms with van der Waals surface area (Å²) in [6.07, 6.45) is 0.973. The van der Waals surface area contributed by atoms with Crippen molar-refractivity contribution >= 4 is 17.3 Å². The van der Waals surface area contributed by atoms with Crippen molar-refractivity contribution in [1.82, 2.24) is 5.32 Å². The first-order valence-electron chi connectivity index (χ1n) is 5.26. The number of nitrogens with one attached hydrogen (secondary N) is 1. The van der Waals surface area contributed by atoms with Gasteiger partial charge in [-0.1, -0.05) is 13.0 Å². The molecule has 0 saturated heterocycles. The van der Waals surface area contributed by atoms with E-state index in [1.54, 1.807) is 11.3 Å². The Bertz CT molecular complexity index is 304. The summed E-state index contributed by atoms with van der Waals surface area (Å²) < 4.78 is 0. The molecule has 0 amide bonds. The molecule has 0 radical (unpaired) electrons. The van der Waals surface area contributed by atoms with Crippen molar-refractivity contribution in [3.63, 3.8) is 0 Å². The van der Waals surface area contributed by atoms with Crippen molar-refractivity contribution in [2.24, 2.45) is 10.7 Å². The monoisotopic (exact) mass is 225 g/mol. The fourth-order valence-electron chi connectivity index (χ4n) is 1.34. The van der Waals surface area contributed by atoms with Gasteiger partial charge in [0.2, 0.25) is 0 Å². The molecule has 15 heavy (non-hydrogen) atoms. The van der Waals surface area contributed by atoms with Crippen LogP contribution in [0.3, 0.4) is 0 Å². The third kappa shape index (κ3) is 3.91. The van der Waals surface area contributed by atoms with Crippen LogP contribution in [-0.4, -0.2) is 12.0 Å². The Kier molecular flexibility index (Phi) is 4.62. The third-order valence-electron chi connectivity index (χ3n) is 1.99. The summed E-state index contributed by atoms with van der Waals surface area (Å²) in [7, 11) is 0. The zero-order valence-corrected chi connectivity index (χ0v) is 10.3. The minimum absolute atomic E-state index is 0.191. The number of aliphatic imine (C=N–C) groups is 1. The van der Waals surface area contributed by atoms with Crippen LogP contribution in [0.25, 0.3) is 0 Å². The van der Waals surface area contributed by atoms with Crippen LogP contribution in [0, 0.1) is 0 Å².